The molecule has 0 spiro atoms. The molecule has 0 radical (unpaired) electrons. The number of rotatable bonds is 7. The van der Waals surface area contributed by atoms with E-state index in [2.05, 4.69) is 34.9 Å². The number of nitrogens with one attached hydrogen (secondary N) is 3. The van der Waals surface area contributed by atoms with Crippen LogP contribution in [0.5, 0.6) is 0 Å². The molecule has 7 nitrogen and oxygen atoms in total. The van der Waals surface area contributed by atoms with Crippen LogP contribution >= 0.6 is 0 Å². The second kappa shape index (κ2) is 11.9. The minimum atomic E-state index is -1.54. The maximum atomic E-state index is 13.8. The van der Waals surface area contributed by atoms with E-state index in [0.717, 1.165) is 24.2 Å². The van der Waals surface area contributed by atoms with Gasteiger partial charge in [-0.05, 0) is 44.3 Å². The molecule has 4 rings (SSSR count). The van der Waals surface area contributed by atoms with Crippen molar-refractivity contribution in [2.75, 3.05) is 23.4 Å². The first kappa shape index (κ1) is 25.6. The molecule has 1 aliphatic heterocycles. The molecule has 35 heavy (non-hydrogen) atoms. The van der Waals surface area contributed by atoms with Gasteiger partial charge in [0, 0.05) is 18.2 Å². The Morgan fingerprint density at radius 1 is 0.886 bits per heavy atom. The molecular formula is C28H33N5O2. The maximum Gasteiger partial charge on any atom is 0.300 e. The second-order valence-electron chi connectivity index (χ2n) is 8.15. The number of carbonyl (C=O) groups is 2. The molecular weight excluding hydrogens is 438 g/mol. The van der Waals surface area contributed by atoms with E-state index in [1.165, 1.54) is 11.9 Å². The van der Waals surface area contributed by atoms with E-state index < -0.39 is 5.66 Å². The third-order valence-electron chi connectivity index (χ3n) is 5.36. The molecule has 3 aromatic carbocycles. The normalized spacial score (nSPS) is 16.7. The highest BCUT2D eigenvalue weighted by atomic mass is 16.2. The van der Waals surface area contributed by atoms with Gasteiger partial charge in [-0.25, -0.2) is 0 Å². The van der Waals surface area contributed by atoms with Crippen molar-refractivity contribution < 1.29 is 9.59 Å². The van der Waals surface area contributed by atoms with E-state index in [-0.39, 0.29) is 11.8 Å². The maximum absolute atomic E-state index is 13.8. The predicted molar refractivity (Wildman–Crippen MR) is 142 cm³/mol. The zero-order valence-corrected chi connectivity index (χ0v) is 20.7. The summed E-state index contributed by atoms with van der Waals surface area (Å²) in [6.45, 7) is 9.77. The van der Waals surface area contributed by atoms with Crippen molar-refractivity contribution in [1.29, 1.82) is 0 Å². The molecule has 0 saturated carbocycles. The molecule has 2 amide bonds. The summed E-state index contributed by atoms with van der Waals surface area (Å²) >= 11 is 0. The minimum Gasteiger partial charge on any atom is -0.350 e. The zero-order chi connectivity index (χ0) is 25.3. The first-order valence-corrected chi connectivity index (χ1v) is 11.8. The van der Waals surface area contributed by atoms with Crippen LogP contribution in [0.1, 0.15) is 31.9 Å². The largest absolute Gasteiger partial charge is 0.350 e. The van der Waals surface area contributed by atoms with Gasteiger partial charge in [-0.3, -0.25) is 9.59 Å². The van der Waals surface area contributed by atoms with Gasteiger partial charge in [0.05, 0.1) is 5.69 Å². The fraction of sp³-hybridized carbons (Fsp3) is 0.250. The van der Waals surface area contributed by atoms with Crippen LogP contribution in [0.15, 0.2) is 90.0 Å². The first-order valence-electron chi connectivity index (χ1n) is 11.8. The number of hydrogen-bond donors (Lipinski definition) is 3. The Bertz CT molecular complexity index is 1140. The number of carbonyl (C=O) groups excluding carboxylic acids is 2. The van der Waals surface area contributed by atoms with Crippen LogP contribution in [0.2, 0.25) is 0 Å². The Morgan fingerprint density at radius 2 is 1.46 bits per heavy atom. The summed E-state index contributed by atoms with van der Waals surface area (Å²) in [4.78, 5) is 26.0. The van der Waals surface area contributed by atoms with Crippen LogP contribution < -0.4 is 21.0 Å². The Balaban J connectivity index is 0.000000623. The summed E-state index contributed by atoms with van der Waals surface area (Å²) in [5.41, 5.74) is 2.02. The Labute approximate surface area is 207 Å². The lowest BCUT2D eigenvalue weighted by Crippen LogP contribution is -2.64. The summed E-state index contributed by atoms with van der Waals surface area (Å²) in [7, 11) is 0. The molecule has 0 saturated heterocycles. The fourth-order valence-corrected chi connectivity index (χ4v) is 3.72. The van der Waals surface area contributed by atoms with Crippen LogP contribution in [0.4, 0.5) is 11.4 Å². The molecule has 0 aliphatic carbocycles. The average Bonchev–Trinajstić information content (AvgIpc) is 3.13. The van der Waals surface area contributed by atoms with E-state index in [1.807, 2.05) is 79.7 Å². The van der Waals surface area contributed by atoms with Crippen LogP contribution in [-0.2, 0) is 9.59 Å². The standard InChI is InChI=1S/C24H22N4O2.C4H11N/c1-17-13-15-19(16-14-17)22-24(25-18(2)29,26-20-9-5-3-6-10-20)23(30)28(27-22)21-11-7-4-8-12-21;1-3-5-4-2/h3-16,26H,1-2H3,(H,25,29);5H,3-4H2,1-2H3. The summed E-state index contributed by atoms with van der Waals surface area (Å²) in [6, 6.07) is 26.2. The Morgan fingerprint density at radius 3 is 1.97 bits per heavy atom. The second-order valence-corrected chi connectivity index (χ2v) is 8.15. The summed E-state index contributed by atoms with van der Waals surface area (Å²) in [5, 5.41) is 15.2. The Kier molecular flexibility index (Phi) is 8.75. The van der Waals surface area contributed by atoms with E-state index >= 15 is 0 Å². The van der Waals surface area contributed by atoms with Crippen molar-refractivity contribution in [3.8, 4) is 0 Å². The monoisotopic (exact) mass is 471 g/mol. The summed E-state index contributed by atoms with van der Waals surface area (Å²) in [6.07, 6.45) is 0. The molecule has 0 aromatic heterocycles. The van der Waals surface area contributed by atoms with Crippen molar-refractivity contribution in [2.24, 2.45) is 5.10 Å². The first-order chi connectivity index (χ1) is 16.9. The molecule has 3 aromatic rings. The lowest BCUT2D eigenvalue weighted by atomic mass is 9.95. The van der Waals surface area contributed by atoms with Gasteiger partial charge in [-0.15, -0.1) is 0 Å². The predicted octanol–water partition coefficient (Wildman–Crippen LogP) is 4.31. The van der Waals surface area contributed by atoms with Crippen molar-refractivity contribution in [3.63, 3.8) is 0 Å². The molecule has 0 bridgehead atoms. The van der Waals surface area contributed by atoms with Crippen molar-refractivity contribution >= 4 is 28.9 Å². The average molecular weight is 472 g/mol. The van der Waals surface area contributed by atoms with Crippen LogP contribution in [0.25, 0.3) is 0 Å². The number of hydrazone groups is 1. The summed E-state index contributed by atoms with van der Waals surface area (Å²) in [5.74, 6) is -0.732. The molecule has 0 fully saturated rings. The van der Waals surface area contributed by atoms with Gasteiger partial charge in [0.1, 0.15) is 5.71 Å². The van der Waals surface area contributed by atoms with Gasteiger partial charge in [-0.2, -0.15) is 10.1 Å². The number of benzene rings is 3. The van der Waals surface area contributed by atoms with Gasteiger partial charge in [-0.1, -0.05) is 80.1 Å². The van der Waals surface area contributed by atoms with Crippen molar-refractivity contribution in [1.82, 2.24) is 10.6 Å². The smallest absolute Gasteiger partial charge is 0.300 e. The van der Waals surface area contributed by atoms with Crippen LogP contribution in [0.3, 0.4) is 0 Å². The fourth-order valence-electron chi connectivity index (χ4n) is 3.72. The highest BCUT2D eigenvalue weighted by Gasteiger charge is 2.53. The lowest BCUT2D eigenvalue weighted by Gasteiger charge is -2.32. The number of amides is 2. The van der Waals surface area contributed by atoms with E-state index in [9.17, 15) is 9.59 Å². The van der Waals surface area contributed by atoms with Gasteiger partial charge in [0.25, 0.3) is 0 Å². The zero-order valence-electron chi connectivity index (χ0n) is 20.7. The number of para-hydroxylation sites is 2. The van der Waals surface area contributed by atoms with Crippen LogP contribution in [0, 0.1) is 6.92 Å². The molecule has 3 N–H and O–H groups in total. The third kappa shape index (κ3) is 6.13. The number of hydrogen-bond acceptors (Lipinski definition) is 5. The third-order valence-corrected chi connectivity index (χ3v) is 5.36. The van der Waals surface area contributed by atoms with E-state index in [1.54, 1.807) is 12.1 Å². The number of anilines is 2. The van der Waals surface area contributed by atoms with Crippen molar-refractivity contribution in [3.05, 3.63) is 96.1 Å². The van der Waals surface area contributed by atoms with E-state index in [4.69, 9.17) is 0 Å². The van der Waals surface area contributed by atoms with E-state index in [0.29, 0.717) is 17.1 Å². The lowest BCUT2D eigenvalue weighted by molar-refractivity contribution is -0.127. The van der Waals surface area contributed by atoms with Crippen LogP contribution in [-0.4, -0.2) is 36.3 Å². The summed E-state index contributed by atoms with van der Waals surface area (Å²) < 4.78 is 0. The van der Waals surface area contributed by atoms with Gasteiger partial charge in [0.15, 0.2) is 0 Å². The molecule has 1 aliphatic rings. The molecule has 1 heterocycles. The topological polar surface area (TPSA) is 85.8 Å². The van der Waals surface area contributed by atoms with Crippen molar-refractivity contribution in [2.45, 2.75) is 33.4 Å². The van der Waals surface area contributed by atoms with Gasteiger partial charge in [0.2, 0.25) is 11.6 Å². The number of nitrogens with zero attached hydrogens (tertiary/aromatic N) is 2. The molecule has 1 unspecified atom stereocenters. The Hall–Kier alpha value is -3.97. The molecule has 7 heteroatoms. The minimum absolute atomic E-state index is 0.346. The highest BCUT2D eigenvalue weighted by molar-refractivity contribution is 6.30. The SMILES string of the molecule is CC(=O)NC1(Nc2ccccc2)C(=O)N(c2ccccc2)N=C1c1ccc(C)cc1.CCNCC. The molecule has 1 atom stereocenters. The number of aryl methyl sites for hydroxylation is 1. The van der Waals surface area contributed by atoms with Gasteiger partial charge < -0.3 is 16.0 Å². The van der Waals surface area contributed by atoms with Gasteiger partial charge >= 0.3 is 5.91 Å². The highest BCUT2D eigenvalue weighted by Crippen LogP contribution is 2.31. The quantitative estimate of drug-likeness (QED) is 0.449. The molecule has 182 valence electrons.